The highest BCUT2D eigenvalue weighted by Crippen LogP contribution is 2.33. The van der Waals surface area contributed by atoms with Crippen LogP contribution < -0.4 is 15.0 Å². The van der Waals surface area contributed by atoms with Crippen molar-refractivity contribution in [2.24, 2.45) is 5.92 Å². The molecule has 0 bridgehead atoms. The molecule has 2 aromatic carbocycles. The molecule has 0 spiro atoms. The Kier molecular flexibility index (Phi) is 7.28. The summed E-state index contributed by atoms with van der Waals surface area (Å²) in [5, 5.41) is 2.66. The fraction of sp³-hybridized carbons (Fsp3) is 0.375. The van der Waals surface area contributed by atoms with E-state index < -0.39 is 24.4 Å². The van der Waals surface area contributed by atoms with E-state index in [9.17, 15) is 14.4 Å². The Bertz CT molecular complexity index is 958. The molecule has 0 aromatic heterocycles. The van der Waals surface area contributed by atoms with E-state index in [0.29, 0.717) is 17.4 Å². The van der Waals surface area contributed by atoms with Crippen molar-refractivity contribution in [1.29, 1.82) is 0 Å². The van der Waals surface area contributed by atoms with Crippen molar-refractivity contribution in [3.63, 3.8) is 0 Å². The van der Waals surface area contributed by atoms with Crippen molar-refractivity contribution in [2.75, 3.05) is 30.5 Å². The Hall–Kier alpha value is -3.35. The molecule has 2 atom stereocenters. The highest BCUT2D eigenvalue weighted by Gasteiger charge is 2.37. The van der Waals surface area contributed by atoms with Gasteiger partial charge in [0, 0.05) is 18.7 Å². The molecule has 1 aliphatic heterocycles. The number of nitrogens with one attached hydrogen (secondary N) is 1. The largest absolute Gasteiger partial charge is 0.495 e. The van der Waals surface area contributed by atoms with Crippen LogP contribution in [0.2, 0.25) is 0 Å². The van der Waals surface area contributed by atoms with Crippen LogP contribution in [-0.2, 0) is 19.1 Å². The number of methoxy groups -OCH3 is 1. The molecule has 31 heavy (non-hydrogen) atoms. The molecule has 1 fully saturated rings. The summed E-state index contributed by atoms with van der Waals surface area (Å²) >= 11 is 0. The van der Waals surface area contributed by atoms with Crippen molar-refractivity contribution in [1.82, 2.24) is 0 Å². The van der Waals surface area contributed by atoms with Gasteiger partial charge in [0.05, 0.1) is 18.7 Å². The number of anilines is 2. The van der Waals surface area contributed by atoms with E-state index in [1.54, 1.807) is 29.2 Å². The maximum absolute atomic E-state index is 12.6. The molecule has 7 nitrogen and oxygen atoms in total. The number of hydrogen-bond acceptors (Lipinski definition) is 5. The second-order valence-corrected chi connectivity index (χ2v) is 7.63. The molecule has 0 unspecified atom stereocenters. The number of para-hydroxylation sites is 3. The van der Waals surface area contributed by atoms with Gasteiger partial charge in [-0.3, -0.25) is 14.4 Å². The maximum atomic E-state index is 12.6. The minimum absolute atomic E-state index is 0.0712. The Morgan fingerprint density at radius 2 is 1.87 bits per heavy atom. The van der Waals surface area contributed by atoms with Gasteiger partial charge in [0.25, 0.3) is 5.91 Å². The lowest BCUT2D eigenvalue weighted by molar-refractivity contribution is -0.151. The molecule has 1 N–H and O–H groups in total. The Morgan fingerprint density at radius 3 is 2.61 bits per heavy atom. The number of esters is 1. The van der Waals surface area contributed by atoms with Crippen LogP contribution in [0.1, 0.15) is 38.2 Å². The third kappa shape index (κ3) is 5.23. The lowest BCUT2D eigenvalue weighted by atomic mass is 9.96. The zero-order chi connectivity index (χ0) is 22.4. The van der Waals surface area contributed by atoms with Gasteiger partial charge in [0.1, 0.15) is 5.75 Å². The zero-order valence-corrected chi connectivity index (χ0v) is 18.1. The van der Waals surface area contributed by atoms with Gasteiger partial charge in [-0.15, -0.1) is 0 Å². The molecule has 0 saturated carbocycles. The number of hydrogen-bond donors (Lipinski definition) is 1. The van der Waals surface area contributed by atoms with Crippen LogP contribution in [0, 0.1) is 5.92 Å². The average molecular weight is 424 g/mol. The summed E-state index contributed by atoms with van der Waals surface area (Å²) in [5.74, 6) is -0.922. The molecule has 7 heteroatoms. The fourth-order valence-corrected chi connectivity index (χ4v) is 3.66. The van der Waals surface area contributed by atoms with Crippen LogP contribution >= 0.6 is 0 Å². The Labute approximate surface area is 182 Å². The summed E-state index contributed by atoms with van der Waals surface area (Å²) in [6.45, 7) is 4.04. The summed E-state index contributed by atoms with van der Waals surface area (Å²) in [6.07, 6.45) is 1.02. The molecule has 0 radical (unpaired) electrons. The Morgan fingerprint density at radius 1 is 1.16 bits per heavy atom. The van der Waals surface area contributed by atoms with Gasteiger partial charge in [0.2, 0.25) is 5.91 Å². The first-order chi connectivity index (χ1) is 14.9. The van der Waals surface area contributed by atoms with Gasteiger partial charge in [-0.2, -0.15) is 0 Å². The van der Waals surface area contributed by atoms with Crippen molar-refractivity contribution >= 4 is 29.2 Å². The maximum Gasteiger partial charge on any atom is 0.311 e. The summed E-state index contributed by atoms with van der Waals surface area (Å²) in [7, 11) is 1.51. The number of rotatable bonds is 8. The normalized spacial score (nSPS) is 16.7. The van der Waals surface area contributed by atoms with Crippen molar-refractivity contribution in [3.8, 4) is 5.75 Å². The molecule has 0 aliphatic carbocycles. The summed E-state index contributed by atoms with van der Waals surface area (Å²) < 4.78 is 10.4. The zero-order valence-electron chi connectivity index (χ0n) is 18.1. The predicted molar refractivity (Wildman–Crippen MR) is 118 cm³/mol. The molecule has 1 saturated heterocycles. The van der Waals surface area contributed by atoms with Crippen LogP contribution in [0.3, 0.4) is 0 Å². The minimum atomic E-state index is -0.600. The van der Waals surface area contributed by atoms with E-state index in [2.05, 4.69) is 19.2 Å². The van der Waals surface area contributed by atoms with Crippen LogP contribution in [0.15, 0.2) is 48.5 Å². The molecule has 2 aromatic rings. The third-order valence-electron chi connectivity index (χ3n) is 5.56. The van der Waals surface area contributed by atoms with Gasteiger partial charge in [-0.1, -0.05) is 44.2 Å². The lowest BCUT2D eigenvalue weighted by Gasteiger charge is -2.23. The van der Waals surface area contributed by atoms with E-state index >= 15 is 0 Å². The number of benzene rings is 2. The van der Waals surface area contributed by atoms with Crippen LogP contribution in [-0.4, -0.2) is 38.0 Å². The van der Waals surface area contributed by atoms with Gasteiger partial charge in [-0.25, -0.2) is 0 Å². The molecule has 1 heterocycles. The number of amides is 2. The first-order valence-corrected chi connectivity index (χ1v) is 10.4. The Balaban J connectivity index is 1.59. The molecular weight excluding hydrogens is 396 g/mol. The highest BCUT2D eigenvalue weighted by atomic mass is 16.5. The van der Waals surface area contributed by atoms with E-state index in [0.717, 1.165) is 17.7 Å². The van der Waals surface area contributed by atoms with Crippen LogP contribution in [0.4, 0.5) is 11.4 Å². The summed E-state index contributed by atoms with van der Waals surface area (Å²) in [5.41, 5.74) is 2.42. The molecular formula is C24H28N2O5. The van der Waals surface area contributed by atoms with E-state index in [4.69, 9.17) is 9.47 Å². The minimum Gasteiger partial charge on any atom is -0.495 e. The third-order valence-corrected chi connectivity index (χ3v) is 5.56. The molecule has 1 aliphatic rings. The van der Waals surface area contributed by atoms with Crippen molar-refractivity contribution in [2.45, 2.75) is 32.6 Å². The van der Waals surface area contributed by atoms with Crippen LogP contribution in [0.25, 0.3) is 0 Å². The predicted octanol–water partition coefficient (Wildman–Crippen LogP) is 3.74. The van der Waals surface area contributed by atoms with E-state index in [1.165, 1.54) is 7.11 Å². The second-order valence-electron chi connectivity index (χ2n) is 7.63. The van der Waals surface area contributed by atoms with Crippen LogP contribution in [0.5, 0.6) is 5.75 Å². The average Bonchev–Trinajstić information content (AvgIpc) is 3.18. The number of nitrogens with zero attached hydrogens (tertiary/aromatic N) is 1. The van der Waals surface area contributed by atoms with Crippen molar-refractivity contribution < 1.29 is 23.9 Å². The molecule has 2 amide bonds. The summed E-state index contributed by atoms with van der Waals surface area (Å²) in [6, 6.07) is 14.7. The number of carbonyl (C=O) groups excluding carboxylic acids is 3. The second kappa shape index (κ2) is 10.1. The monoisotopic (exact) mass is 424 g/mol. The first kappa shape index (κ1) is 22.3. The van der Waals surface area contributed by atoms with Gasteiger partial charge >= 0.3 is 5.97 Å². The van der Waals surface area contributed by atoms with E-state index in [-0.39, 0.29) is 18.9 Å². The van der Waals surface area contributed by atoms with Crippen molar-refractivity contribution in [3.05, 3.63) is 54.1 Å². The topological polar surface area (TPSA) is 84.9 Å². The van der Waals surface area contributed by atoms with E-state index in [1.807, 2.05) is 24.3 Å². The quantitative estimate of drug-likeness (QED) is 0.653. The SMILES string of the molecule is CC[C@@H](C)c1ccccc1N1C[C@@H](C(=O)OCC(=O)Nc2ccccc2OC)CC1=O. The van der Waals surface area contributed by atoms with Gasteiger partial charge < -0.3 is 19.7 Å². The molecule has 3 rings (SSSR count). The lowest BCUT2D eigenvalue weighted by Crippen LogP contribution is -2.29. The highest BCUT2D eigenvalue weighted by molar-refractivity contribution is 6.00. The number of carbonyl (C=O) groups is 3. The first-order valence-electron chi connectivity index (χ1n) is 10.4. The smallest absolute Gasteiger partial charge is 0.311 e. The summed E-state index contributed by atoms with van der Waals surface area (Å²) in [4.78, 5) is 39.0. The number of ether oxygens (including phenoxy) is 2. The van der Waals surface area contributed by atoms with Gasteiger partial charge in [0.15, 0.2) is 6.61 Å². The van der Waals surface area contributed by atoms with Gasteiger partial charge in [-0.05, 0) is 36.1 Å². The fourth-order valence-electron chi connectivity index (χ4n) is 3.66. The standard InChI is InChI=1S/C24H28N2O5/c1-4-16(2)18-9-5-7-11-20(18)26-14-17(13-23(26)28)24(29)31-15-22(27)25-19-10-6-8-12-21(19)30-3/h5-12,16-17H,4,13-15H2,1-3H3,(H,25,27)/t16-,17+/m1/s1. The molecule has 164 valence electrons.